The number of nitrogens with one attached hydrogen (secondary N) is 1. The fourth-order valence-corrected chi connectivity index (χ4v) is 1.43. The van der Waals surface area contributed by atoms with E-state index in [9.17, 15) is 0 Å². The molecule has 14 heavy (non-hydrogen) atoms. The third-order valence-corrected chi connectivity index (χ3v) is 2.39. The summed E-state index contributed by atoms with van der Waals surface area (Å²) >= 11 is 0. The molecular formula is C13H19N. The molecule has 76 valence electrons. The van der Waals surface area contributed by atoms with E-state index in [1.54, 1.807) is 0 Å². The second kappa shape index (κ2) is 5.48. The van der Waals surface area contributed by atoms with Crippen LogP contribution in [0.4, 0.5) is 5.69 Å². The van der Waals surface area contributed by atoms with Crippen LogP contribution < -0.4 is 5.32 Å². The molecule has 0 saturated heterocycles. The van der Waals surface area contributed by atoms with Crippen molar-refractivity contribution in [3.05, 3.63) is 36.4 Å². The van der Waals surface area contributed by atoms with Crippen LogP contribution in [0.15, 0.2) is 30.8 Å². The minimum absolute atomic E-state index is 1.10. The third-order valence-electron chi connectivity index (χ3n) is 2.39. The third kappa shape index (κ3) is 2.91. The molecule has 0 aliphatic carbocycles. The standard InChI is InChI=1S/C13H19N/c1-4-5-7-11(2)12-8-6-9-13(10-12)14-3/h6,8-10,14H,2,4-5,7H2,1,3H3. The molecule has 1 N–H and O–H groups in total. The van der Waals surface area contributed by atoms with Crippen LogP contribution in [0.3, 0.4) is 0 Å². The Morgan fingerprint density at radius 2 is 2.21 bits per heavy atom. The molecule has 0 unspecified atom stereocenters. The molecule has 1 nitrogen and oxygen atoms in total. The van der Waals surface area contributed by atoms with E-state index in [4.69, 9.17) is 0 Å². The molecule has 0 fully saturated rings. The molecule has 1 aromatic rings. The summed E-state index contributed by atoms with van der Waals surface area (Å²) in [7, 11) is 1.94. The molecule has 0 aliphatic heterocycles. The average Bonchev–Trinajstić information content (AvgIpc) is 2.26. The summed E-state index contributed by atoms with van der Waals surface area (Å²) < 4.78 is 0. The maximum atomic E-state index is 4.11. The van der Waals surface area contributed by atoms with E-state index >= 15 is 0 Å². The molecule has 0 bridgehead atoms. The van der Waals surface area contributed by atoms with Crippen molar-refractivity contribution in [3.8, 4) is 0 Å². The first-order valence-corrected chi connectivity index (χ1v) is 5.24. The van der Waals surface area contributed by atoms with Crippen molar-refractivity contribution in [2.75, 3.05) is 12.4 Å². The van der Waals surface area contributed by atoms with Crippen LogP contribution in [-0.2, 0) is 0 Å². The zero-order chi connectivity index (χ0) is 10.4. The summed E-state index contributed by atoms with van der Waals surface area (Å²) in [5.41, 5.74) is 3.65. The van der Waals surface area contributed by atoms with Crippen molar-refractivity contribution < 1.29 is 0 Å². The van der Waals surface area contributed by atoms with Gasteiger partial charge in [-0.25, -0.2) is 0 Å². The van der Waals surface area contributed by atoms with Crippen LogP contribution >= 0.6 is 0 Å². The van der Waals surface area contributed by atoms with E-state index in [-0.39, 0.29) is 0 Å². The first kappa shape index (κ1) is 10.8. The van der Waals surface area contributed by atoms with Crippen molar-refractivity contribution in [3.63, 3.8) is 0 Å². The normalized spacial score (nSPS) is 9.86. The zero-order valence-electron chi connectivity index (χ0n) is 9.14. The van der Waals surface area contributed by atoms with E-state index in [0.29, 0.717) is 0 Å². The lowest BCUT2D eigenvalue weighted by atomic mass is 10.0. The van der Waals surface area contributed by atoms with Crippen molar-refractivity contribution in [1.82, 2.24) is 0 Å². The first-order valence-electron chi connectivity index (χ1n) is 5.24. The van der Waals surface area contributed by atoms with Gasteiger partial charge in [0.1, 0.15) is 0 Å². The van der Waals surface area contributed by atoms with Crippen LogP contribution in [0.5, 0.6) is 0 Å². The van der Waals surface area contributed by atoms with Gasteiger partial charge in [0.15, 0.2) is 0 Å². The number of unbranched alkanes of at least 4 members (excludes halogenated alkanes) is 1. The molecule has 0 spiro atoms. The fourth-order valence-electron chi connectivity index (χ4n) is 1.43. The average molecular weight is 189 g/mol. The van der Waals surface area contributed by atoms with E-state index in [1.165, 1.54) is 24.0 Å². The Bertz CT molecular complexity index is 302. The number of rotatable bonds is 5. The van der Waals surface area contributed by atoms with E-state index in [0.717, 1.165) is 12.1 Å². The summed E-state index contributed by atoms with van der Waals surface area (Å²) in [5.74, 6) is 0. The summed E-state index contributed by atoms with van der Waals surface area (Å²) in [6, 6.07) is 8.41. The summed E-state index contributed by atoms with van der Waals surface area (Å²) in [6.45, 7) is 6.32. The predicted octanol–water partition coefficient (Wildman–Crippen LogP) is 3.93. The predicted molar refractivity (Wildman–Crippen MR) is 64.5 cm³/mol. The fraction of sp³-hybridized carbons (Fsp3) is 0.385. The molecule has 0 radical (unpaired) electrons. The number of benzene rings is 1. The molecule has 0 atom stereocenters. The van der Waals surface area contributed by atoms with Gasteiger partial charge in [0.25, 0.3) is 0 Å². The lowest BCUT2D eigenvalue weighted by molar-refractivity contribution is 0.825. The van der Waals surface area contributed by atoms with Crippen LogP contribution in [0.2, 0.25) is 0 Å². The zero-order valence-corrected chi connectivity index (χ0v) is 9.14. The molecule has 0 aromatic heterocycles. The van der Waals surface area contributed by atoms with Crippen molar-refractivity contribution in [2.45, 2.75) is 26.2 Å². The van der Waals surface area contributed by atoms with Crippen LogP contribution in [0.1, 0.15) is 31.7 Å². The van der Waals surface area contributed by atoms with Gasteiger partial charge >= 0.3 is 0 Å². The topological polar surface area (TPSA) is 12.0 Å². The Hall–Kier alpha value is -1.24. The molecule has 1 aromatic carbocycles. The molecule has 1 heteroatoms. The van der Waals surface area contributed by atoms with Crippen molar-refractivity contribution >= 4 is 11.3 Å². The maximum Gasteiger partial charge on any atom is 0.0343 e. The van der Waals surface area contributed by atoms with Gasteiger partial charge in [-0.3, -0.25) is 0 Å². The summed E-state index contributed by atoms with van der Waals surface area (Å²) in [4.78, 5) is 0. The monoisotopic (exact) mass is 189 g/mol. The molecular weight excluding hydrogens is 170 g/mol. The van der Waals surface area contributed by atoms with Gasteiger partial charge in [0, 0.05) is 12.7 Å². The largest absolute Gasteiger partial charge is 0.388 e. The highest BCUT2D eigenvalue weighted by Crippen LogP contribution is 2.21. The molecule has 0 heterocycles. The van der Waals surface area contributed by atoms with Crippen LogP contribution in [0.25, 0.3) is 5.57 Å². The van der Waals surface area contributed by atoms with E-state index in [1.807, 2.05) is 7.05 Å². The van der Waals surface area contributed by atoms with Crippen LogP contribution in [-0.4, -0.2) is 7.05 Å². The van der Waals surface area contributed by atoms with Gasteiger partial charge in [-0.15, -0.1) is 0 Å². The Kier molecular flexibility index (Phi) is 4.24. The summed E-state index contributed by atoms with van der Waals surface area (Å²) in [5, 5.41) is 3.14. The van der Waals surface area contributed by atoms with Gasteiger partial charge in [-0.05, 0) is 36.1 Å². The Morgan fingerprint density at radius 1 is 1.43 bits per heavy atom. The van der Waals surface area contributed by atoms with Crippen molar-refractivity contribution in [2.24, 2.45) is 0 Å². The first-order chi connectivity index (χ1) is 6.77. The second-order valence-corrected chi connectivity index (χ2v) is 3.54. The number of anilines is 1. The summed E-state index contributed by atoms with van der Waals surface area (Å²) in [6.07, 6.45) is 3.55. The smallest absolute Gasteiger partial charge is 0.0343 e. The minimum atomic E-state index is 1.10. The SMILES string of the molecule is C=C(CCCC)c1cccc(NC)c1. The quantitative estimate of drug-likeness (QED) is 0.740. The molecule has 0 aliphatic rings. The van der Waals surface area contributed by atoms with Gasteiger partial charge in [-0.1, -0.05) is 32.1 Å². The van der Waals surface area contributed by atoms with Crippen LogP contribution in [0, 0.1) is 0 Å². The van der Waals surface area contributed by atoms with E-state index < -0.39 is 0 Å². The number of allylic oxidation sites excluding steroid dienone is 1. The lowest BCUT2D eigenvalue weighted by Crippen LogP contribution is -1.89. The van der Waals surface area contributed by atoms with Gasteiger partial charge in [0.2, 0.25) is 0 Å². The highest BCUT2D eigenvalue weighted by Gasteiger charge is 1.98. The lowest BCUT2D eigenvalue weighted by Gasteiger charge is -2.07. The highest BCUT2D eigenvalue weighted by molar-refractivity contribution is 5.66. The number of hydrogen-bond donors (Lipinski definition) is 1. The molecule has 0 amide bonds. The Labute approximate surface area is 86.8 Å². The maximum absolute atomic E-state index is 4.11. The number of hydrogen-bond acceptors (Lipinski definition) is 1. The van der Waals surface area contributed by atoms with Gasteiger partial charge in [-0.2, -0.15) is 0 Å². The second-order valence-electron chi connectivity index (χ2n) is 3.54. The Morgan fingerprint density at radius 3 is 2.86 bits per heavy atom. The van der Waals surface area contributed by atoms with Crippen molar-refractivity contribution in [1.29, 1.82) is 0 Å². The van der Waals surface area contributed by atoms with Gasteiger partial charge in [0.05, 0.1) is 0 Å². The van der Waals surface area contributed by atoms with Gasteiger partial charge < -0.3 is 5.32 Å². The molecule has 1 rings (SSSR count). The Balaban J connectivity index is 2.69. The highest BCUT2D eigenvalue weighted by atomic mass is 14.8. The minimum Gasteiger partial charge on any atom is -0.388 e. The molecule has 0 saturated carbocycles. The van der Waals surface area contributed by atoms with E-state index in [2.05, 4.69) is 43.1 Å².